The van der Waals surface area contributed by atoms with Crippen LogP contribution in [0.25, 0.3) is 0 Å². The largest absolute Gasteiger partial charge is 0.454 e. The molecule has 0 spiro atoms. The Labute approximate surface area is 181 Å². The third-order valence-electron chi connectivity index (χ3n) is 3.96. The summed E-state index contributed by atoms with van der Waals surface area (Å²) >= 11 is 11.6. The Hall–Kier alpha value is -1.39. The lowest BCUT2D eigenvalue weighted by molar-refractivity contribution is -0.156. The number of carbonyl (C=O) groups excluding carboxylic acids is 2. The molecule has 0 radical (unpaired) electrons. The monoisotopic (exact) mass is 468 g/mol. The summed E-state index contributed by atoms with van der Waals surface area (Å²) in [7, 11) is -4.22. The number of carbonyl (C=O) groups is 2. The van der Waals surface area contributed by atoms with Gasteiger partial charge in [0, 0.05) is 12.1 Å². The number of ether oxygens (including phenoxy) is 1. The summed E-state index contributed by atoms with van der Waals surface area (Å²) in [5.41, 5.74) is 0. The third-order valence-corrected chi connectivity index (χ3v) is 6.14. The maximum absolute atomic E-state index is 12.5. The molecule has 0 aliphatic heterocycles. The zero-order valence-corrected chi connectivity index (χ0v) is 19.2. The zero-order chi connectivity index (χ0) is 22.5. The van der Waals surface area contributed by atoms with Gasteiger partial charge in [0.15, 0.2) is 6.61 Å². The highest BCUT2D eigenvalue weighted by Gasteiger charge is 2.32. The van der Waals surface area contributed by atoms with Gasteiger partial charge in [-0.2, -0.15) is 4.72 Å². The van der Waals surface area contributed by atoms with Crippen molar-refractivity contribution in [2.75, 3.05) is 6.61 Å². The molecule has 0 aliphatic carbocycles. The first kappa shape index (κ1) is 25.6. The van der Waals surface area contributed by atoms with Crippen molar-refractivity contribution in [3.05, 3.63) is 28.2 Å². The SMILES string of the molecule is CC(O)C(NS(=O)(=O)c1ccc(Cl)c(Cl)c1)C(=O)OCC(=O)N(C(C)C)C(C)C. The van der Waals surface area contributed by atoms with E-state index < -0.39 is 40.7 Å². The quantitative estimate of drug-likeness (QED) is 0.537. The fraction of sp³-hybridized carbons (Fsp3) is 0.556. The lowest BCUT2D eigenvalue weighted by Gasteiger charge is -2.30. The van der Waals surface area contributed by atoms with Crippen LogP contribution in [0.2, 0.25) is 10.0 Å². The molecular weight excluding hydrogens is 443 g/mol. The Kier molecular flexibility index (Phi) is 9.36. The van der Waals surface area contributed by atoms with E-state index in [4.69, 9.17) is 27.9 Å². The molecule has 1 aromatic carbocycles. The van der Waals surface area contributed by atoms with E-state index in [9.17, 15) is 23.1 Å². The first-order valence-corrected chi connectivity index (χ1v) is 11.1. The van der Waals surface area contributed by atoms with Gasteiger partial charge in [-0.3, -0.25) is 9.59 Å². The van der Waals surface area contributed by atoms with Crippen LogP contribution in [0.1, 0.15) is 34.6 Å². The summed E-state index contributed by atoms with van der Waals surface area (Å²) in [6.07, 6.45) is -1.42. The molecule has 29 heavy (non-hydrogen) atoms. The lowest BCUT2D eigenvalue weighted by atomic mass is 10.2. The van der Waals surface area contributed by atoms with Crippen molar-refractivity contribution >= 4 is 45.1 Å². The molecule has 2 atom stereocenters. The van der Waals surface area contributed by atoms with E-state index >= 15 is 0 Å². The zero-order valence-electron chi connectivity index (χ0n) is 16.8. The topological polar surface area (TPSA) is 113 Å². The number of aliphatic hydroxyl groups excluding tert-OH is 1. The molecule has 1 aromatic rings. The molecule has 1 amide bonds. The maximum atomic E-state index is 12.5. The molecule has 0 saturated heterocycles. The smallest absolute Gasteiger partial charge is 0.327 e. The molecular formula is C18H26Cl2N2O6S. The number of nitrogens with zero attached hydrogens (tertiary/aromatic N) is 1. The molecule has 11 heteroatoms. The van der Waals surface area contributed by atoms with E-state index in [0.717, 1.165) is 6.07 Å². The van der Waals surface area contributed by atoms with Crippen molar-refractivity contribution in [3.8, 4) is 0 Å². The van der Waals surface area contributed by atoms with Crippen LogP contribution in [0, 0.1) is 0 Å². The molecule has 0 heterocycles. The van der Waals surface area contributed by atoms with Gasteiger partial charge in [0.05, 0.1) is 21.0 Å². The van der Waals surface area contributed by atoms with Gasteiger partial charge >= 0.3 is 5.97 Å². The van der Waals surface area contributed by atoms with Crippen LogP contribution in [0.15, 0.2) is 23.1 Å². The minimum absolute atomic E-state index is 0.0128. The van der Waals surface area contributed by atoms with Crippen LogP contribution in [-0.2, 0) is 24.3 Å². The van der Waals surface area contributed by atoms with E-state index in [0.29, 0.717) is 0 Å². The van der Waals surface area contributed by atoms with Gasteiger partial charge in [0.2, 0.25) is 10.0 Å². The molecule has 0 saturated carbocycles. The number of esters is 1. The second-order valence-corrected chi connectivity index (χ2v) is 9.54. The van der Waals surface area contributed by atoms with Gasteiger partial charge in [-0.25, -0.2) is 8.42 Å². The Morgan fingerprint density at radius 2 is 1.66 bits per heavy atom. The predicted molar refractivity (Wildman–Crippen MR) is 110 cm³/mol. The molecule has 0 aliphatic rings. The summed E-state index contributed by atoms with van der Waals surface area (Å²) in [6.45, 7) is 7.94. The van der Waals surface area contributed by atoms with E-state index in [1.54, 1.807) is 0 Å². The number of benzene rings is 1. The minimum atomic E-state index is -4.22. The van der Waals surface area contributed by atoms with Crippen LogP contribution in [0.3, 0.4) is 0 Å². The van der Waals surface area contributed by atoms with Crippen LogP contribution < -0.4 is 4.72 Å². The Bertz CT molecular complexity index is 835. The highest BCUT2D eigenvalue weighted by Crippen LogP contribution is 2.25. The van der Waals surface area contributed by atoms with E-state index in [-0.39, 0.29) is 27.0 Å². The summed E-state index contributed by atoms with van der Waals surface area (Å²) in [5.74, 6) is -1.51. The van der Waals surface area contributed by atoms with Crippen LogP contribution in [0.4, 0.5) is 0 Å². The average Bonchev–Trinajstić information content (AvgIpc) is 2.59. The van der Waals surface area contributed by atoms with Crippen LogP contribution >= 0.6 is 23.2 Å². The van der Waals surface area contributed by atoms with Crippen LogP contribution in [-0.4, -0.2) is 61.1 Å². The maximum Gasteiger partial charge on any atom is 0.327 e. The number of hydrogen-bond donors (Lipinski definition) is 2. The van der Waals surface area contributed by atoms with Gasteiger partial charge in [-0.1, -0.05) is 23.2 Å². The molecule has 1 rings (SSSR count). The van der Waals surface area contributed by atoms with Crippen molar-refractivity contribution in [1.82, 2.24) is 9.62 Å². The standard InChI is InChI=1S/C18H26Cl2N2O6S/c1-10(2)22(11(3)4)16(24)9-28-18(25)17(12(5)23)21-29(26,27)13-6-7-14(19)15(20)8-13/h6-8,10-12,17,21,23H,9H2,1-5H3. The molecule has 2 N–H and O–H groups in total. The number of amides is 1. The number of nitrogens with one attached hydrogen (secondary N) is 1. The average molecular weight is 469 g/mol. The molecule has 0 bridgehead atoms. The van der Waals surface area contributed by atoms with Crippen molar-refractivity contribution in [2.45, 2.75) is 63.7 Å². The lowest BCUT2D eigenvalue weighted by Crippen LogP contribution is -2.50. The van der Waals surface area contributed by atoms with Crippen molar-refractivity contribution in [2.24, 2.45) is 0 Å². The molecule has 0 aromatic heterocycles. The Morgan fingerprint density at radius 1 is 1.10 bits per heavy atom. The minimum Gasteiger partial charge on any atom is -0.454 e. The molecule has 164 valence electrons. The second-order valence-electron chi connectivity index (χ2n) is 7.01. The highest BCUT2D eigenvalue weighted by molar-refractivity contribution is 7.89. The highest BCUT2D eigenvalue weighted by atomic mass is 35.5. The fourth-order valence-corrected chi connectivity index (χ4v) is 4.34. The van der Waals surface area contributed by atoms with Gasteiger partial charge in [0.1, 0.15) is 6.04 Å². The first-order valence-electron chi connectivity index (χ1n) is 8.91. The van der Waals surface area contributed by atoms with E-state index in [1.807, 2.05) is 27.7 Å². The normalized spacial score (nSPS) is 14.0. The molecule has 8 nitrogen and oxygen atoms in total. The Morgan fingerprint density at radius 3 is 2.10 bits per heavy atom. The Balaban J connectivity index is 2.93. The van der Waals surface area contributed by atoms with Gasteiger partial charge in [0.25, 0.3) is 5.91 Å². The predicted octanol–water partition coefficient (Wildman–Crippen LogP) is 2.21. The number of sulfonamides is 1. The number of halogens is 2. The summed E-state index contributed by atoms with van der Waals surface area (Å²) in [6, 6.07) is 1.77. The van der Waals surface area contributed by atoms with Gasteiger partial charge in [-0.05, 0) is 52.8 Å². The third kappa shape index (κ3) is 7.11. The van der Waals surface area contributed by atoms with Crippen LogP contribution in [0.5, 0.6) is 0 Å². The molecule has 2 unspecified atom stereocenters. The van der Waals surface area contributed by atoms with Gasteiger partial charge < -0.3 is 14.7 Å². The summed E-state index contributed by atoms with van der Waals surface area (Å²) in [5, 5.41) is 10.0. The first-order chi connectivity index (χ1) is 13.3. The number of rotatable bonds is 9. The van der Waals surface area contributed by atoms with Crippen molar-refractivity contribution < 1.29 is 27.9 Å². The summed E-state index contributed by atoms with van der Waals surface area (Å²) in [4.78, 5) is 26.0. The van der Waals surface area contributed by atoms with Crippen molar-refractivity contribution in [1.29, 1.82) is 0 Å². The second kappa shape index (κ2) is 10.6. The fourth-order valence-electron chi connectivity index (χ4n) is 2.69. The van der Waals surface area contributed by atoms with Crippen molar-refractivity contribution in [3.63, 3.8) is 0 Å². The van der Waals surface area contributed by atoms with Gasteiger partial charge in [-0.15, -0.1) is 0 Å². The molecule has 0 fully saturated rings. The number of hydrogen-bond acceptors (Lipinski definition) is 6. The van der Waals surface area contributed by atoms with E-state index in [2.05, 4.69) is 4.72 Å². The van der Waals surface area contributed by atoms with E-state index in [1.165, 1.54) is 24.0 Å². The summed E-state index contributed by atoms with van der Waals surface area (Å²) < 4.78 is 32.1. The number of aliphatic hydroxyl groups is 1.